The van der Waals surface area contributed by atoms with Crippen molar-refractivity contribution in [3.8, 4) is 10.7 Å². The van der Waals surface area contributed by atoms with E-state index in [4.69, 9.17) is 4.52 Å². The summed E-state index contributed by atoms with van der Waals surface area (Å²) in [5, 5.41) is 21.1. The minimum Gasteiger partial charge on any atom is -0.364 e. The number of nitrogens with zero attached hydrogens (tertiary/aromatic N) is 3. The Morgan fingerprint density at radius 3 is 3.14 bits per heavy atom. The average Bonchev–Trinajstić information content (AvgIpc) is 3.18. The number of hydrogen-bond donors (Lipinski definition) is 2. The Labute approximate surface area is 127 Å². The molecule has 2 aromatic rings. The van der Waals surface area contributed by atoms with Crippen molar-refractivity contribution in [1.29, 1.82) is 0 Å². The van der Waals surface area contributed by atoms with E-state index < -0.39 is 0 Å². The summed E-state index contributed by atoms with van der Waals surface area (Å²) < 4.78 is 4.85. The zero-order valence-corrected chi connectivity index (χ0v) is 12.6. The fourth-order valence-corrected chi connectivity index (χ4v) is 4.32. The topological polar surface area (TPSA) is 75.9 Å². The second-order valence-electron chi connectivity index (χ2n) is 5.96. The van der Waals surface area contributed by atoms with E-state index in [2.05, 4.69) is 26.0 Å². The predicted octanol–water partition coefficient (Wildman–Crippen LogP) is 2.38. The van der Waals surface area contributed by atoms with Crippen molar-refractivity contribution in [3.05, 3.63) is 12.3 Å². The summed E-state index contributed by atoms with van der Waals surface area (Å²) in [7, 11) is 0. The van der Waals surface area contributed by atoms with Crippen molar-refractivity contribution in [2.24, 2.45) is 11.8 Å². The quantitative estimate of drug-likeness (QED) is 0.907. The second kappa shape index (κ2) is 5.73. The molecule has 2 fully saturated rings. The smallest absolute Gasteiger partial charge is 0.206 e. The van der Waals surface area contributed by atoms with E-state index in [0.29, 0.717) is 6.04 Å². The Morgan fingerprint density at radius 1 is 1.24 bits per heavy atom. The number of hydrogen-bond acceptors (Lipinski definition) is 7. The van der Waals surface area contributed by atoms with Crippen molar-refractivity contribution in [2.45, 2.75) is 31.7 Å². The minimum absolute atomic E-state index is 0.530. The highest BCUT2D eigenvalue weighted by Crippen LogP contribution is 2.36. The van der Waals surface area contributed by atoms with Gasteiger partial charge in [0.1, 0.15) is 12.0 Å². The van der Waals surface area contributed by atoms with Crippen LogP contribution in [0.2, 0.25) is 0 Å². The highest BCUT2D eigenvalue weighted by molar-refractivity contribution is 7.18. The molecule has 1 saturated carbocycles. The first-order chi connectivity index (χ1) is 10.4. The van der Waals surface area contributed by atoms with Gasteiger partial charge in [-0.3, -0.25) is 0 Å². The van der Waals surface area contributed by atoms with Crippen molar-refractivity contribution in [3.63, 3.8) is 0 Å². The van der Waals surface area contributed by atoms with E-state index in [1.54, 1.807) is 17.6 Å². The van der Waals surface area contributed by atoms with Crippen molar-refractivity contribution < 1.29 is 4.52 Å². The Morgan fingerprint density at radius 2 is 2.24 bits per heavy atom. The number of fused-ring (bicyclic) bond motifs is 1. The molecule has 2 aromatic heterocycles. The molecule has 1 saturated heterocycles. The summed E-state index contributed by atoms with van der Waals surface area (Å²) in [4.78, 5) is 0. The summed E-state index contributed by atoms with van der Waals surface area (Å²) in [5.74, 6) is 1.73. The van der Waals surface area contributed by atoms with Crippen molar-refractivity contribution in [1.82, 2.24) is 20.7 Å². The molecular weight excluding hydrogens is 286 g/mol. The summed E-state index contributed by atoms with van der Waals surface area (Å²) in [6.45, 7) is 2.37. The van der Waals surface area contributed by atoms with Crippen LogP contribution in [-0.4, -0.2) is 34.5 Å². The third-order valence-electron chi connectivity index (χ3n) is 4.65. The van der Waals surface area contributed by atoms with E-state index >= 15 is 0 Å². The molecule has 0 bridgehead atoms. The summed E-state index contributed by atoms with van der Waals surface area (Å²) in [5.41, 5.74) is 0.752. The minimum atomic E-state index is 0.530. The number of nitrogens with one attached hydrogen (secondary N) is 2. The van der Waals surface area contributed by atoms with Gasteiger partial charge in [0.15, 0.2) is 5.01 Å². The Bertz CT molecular complexity index is 584. The molecule has 0 spiro atoms. The van der Waals surface area contributed by atoms with E-state index in [1.165, 1.54) is 38.8 Å². The molecule has 0 amide bonds. The van der Waals surface area contributed by atoms with Gasteiger partial charge in [0.2, 0.25) is 5.13 Å². The van der Waals surface area contributed by atoms with Gasteiger partial charge in [-0.1, -0.05) is 16.5 Å². The molecule has 0 aromatic carbocycles. The van der Waals surface area contributed by atoms with E-state index in [1.807, 2.05) is 6.07 Å². The molecule has 6 nitrogen and oxygen atoms in total. The lowest BCUT2D eigenvalue weighted by Gasteiger charge is -2.39. The van der Waals surface area contributed by atoms with Gasteiger partial charge in [0, 0.05) is 12.1 Å². The maximum absolute atomic E-state index is 4.85. The molecule has 1 aliphatic carbocycles. The molecule has 4 rings (SSSR count). The molecular formula is C14H19N5OS. The lowest BCUT2D eigenvalue weighted by atomic mass is 9.74. The molecule has 3 unspecified atom stereocenters. The van der Waals surface area contributed by atoms with Gasteiger partial charge in [0.25, 0.3) is 0 Å². The molecule has 21 heavy (non-hydrogen) atoms. The van der Waals surface area contributed by atoms with Gasteiger partial charge in [-0.15, -0.1) is 10.2 Å². The van der Waals surface area contributed by atoms with Gasteiger partial charge in [-0.2, -0.15) is 0 Å². The van der Waals surface area contributed by atoms with E-state index in [9.17, 15) is 0 Å². The van der Waals surface area contributed by atoms with Gasteiger partial charge < -0.3 is 15.2 Å². The van der Waals surface area contributed by atoms with Crippen LogP contribution in [0, 0.1) is 11.8 Å². The van der Waals surface area contributed by atoms with Crippen LogP contribution in [0.1, 0.15) is 25.7 Å². The zero-order valence-electron chi connectivity index (χ0n) is 11.8. The van der Waals surface area contributed by atoms with Crippen LogP contribution in [-0.2, 0) is 0 Å². The number of anilines is 1. The van der Waals surface area contributed by atoms with Gasteiger partial charge >= 0.3 is 0 Å². The van der Waals surface area contributed by atoms with Crippen LogP contribution in [0.5, 0.6) is 0 Å². The maximum Gasteiger partial charge on any atom is 0.206 e. The van der Waals surface area contributed by atoms with Gasteiger partial charge in [0.05, 0.1) is 0 Å². The Balaban J connectivity index is 1.40. The van der Waals surface area contributed by atoms with E-state index in [0.717, 1.165) is 27.7 Å². The second-order valence-corrected chi connectivity index (χ2v) is 6.94. The number of rotatable bonds is 3. The van der Waals surface area contributed by atoms with Crippen molar-refractivity contribution >= 4 is 16.5 Å². The lowest BCUT2D eigenvalue weighted by Crippen LogP contribution is -2.42. The highest BCUT2D eigenvalue weighted by atomic mass is 32.1. The SMILES string of the molecule is c1cc(-c2nnc(NC3CCC4CNCCC4C3)s2)no1. The summed E-state index contributed by atoms with van der Waals surface area (Å²) in [6.07, 6.45) is 6.66. The molecule has 2 N–H and O–H groups in total. The normalized spacial score (nSPS) is 29.0. The lowest BCUT2D eigenvalue weighted by molar-refractivity contribution is 0.176. The van der Waals surface area contributed by atoms with Crippen LogP contribution in [0.4, 0.5) is 5.13 Å². The van der Waals surface area contributed by atoms with Crippen LogP contribution in [0.3, 0.4) is 0 Å². The van der Waals surface area contributed by atoms with Crippen molar-refractivity contribution in [2.75, 3.05) is 18.4 Å². The maximum atomic E-state index is 4.85. The fourth-order valence-electron chi connectivity index (χ4n) is 3.54. The summed E-state index contributed by atoms with van der Waals surface area (Å²) >= 11 is 1.55. The van der Waals surface area contributed by atoms with E-state index in [-0.39, 0.29) is 0 Å². The molecule has 7 heteroatoms. The van der Waals surface area contributed by atoms with Crippen LogP contribution in [0.15, 0.2) is 16.9 Å². The molecule has 3 heterocycles. The molecule has 0 radical (unpaired) electrons. The van der Waals surface area contributed by atoms with Crippen LogP contribution < -0.4 is 10.6 Å². The monoisotopic (exact) mass is 305 g/mol. The zero-order chi connectivity index (χ0) is 14.1. The number of aromatic nitrogens is 3. The Kier molecular flexibility index (Phi) is 3.60. The first kappa shape index (κ1) is 13.2. The van der Waals surface area contributed by atoms with Gasteiger partial charge in [-0.05, 0) is 50.6 Å². The first-order valence-corrected chi connectivity index (χ1v) is 8.41. The fraction of sp³-hybridized carbons (Fsp3) is 0.643. The van der Waals surface area contributed by atoms with Crippen LogP contribution in [0.25, 0.3) is 10.7 Å². The molecule has 1 aliphatic heterocycles. The number of piperidine rings is 1. The third-order valence-corrected chi connectivity index (χ3v) is 5.52. The first-order valence-electron chi connectivity index (χ1n) is 7.60. The molecule has 112 valence electrons. The largest absolute Gasteiger partial charge is 0.364 e. The highest BCUT2D eigenvalue weighted by Gasteiger charge is 2.32. The molecule has 3 atom stereocenters. The third kappa shape index (κ3) is 2.80. The van der Waals surface area contributed by atoms with Gasteiger partial charge in [-0.25, -0.2) is 0 Å². The summed E-state index contributed by atoms with van der Waals surface area (Å²) in [6, 6.07) is 2.34. The predicted molar refractivity (Wildman–Crippen MR) is 81.1 cm³/mol. The Hall–Kier alpha value is -1.47. The molecule has 2 aliphatic rings. The average molecular weight is 305 g/mol. The van der Waals surface area contributed by atoms with Crippen LogP contribution >= 0.6 is 11.3 Å². The standard InChI is InChI=1S/C14H19N5OS/c1-2-11(7-9-3-5-15-8-10(1)9)16-14-18-17-13(21-14)12-4-6-20-19-12/h4,6,9-11,15H,1-3,5,7-8H2,(H,16,18).